The second-order valence-corrected chi connectivity index (χ2v) is 8.81. The largest absolute Gasteiger partial charge is 0.332 e. The molecule has 5 heteroatoms. The maximum atomic E-state index is 12.9. The summed E-state index contributed by atoms with van der Waals surface area (Å²) in [7, 11) is -3.38. The lowest BCUT2D eigenvalue weighted by Gasteiger charge is -2.32. The average Bonchev–Trinajstić information content (AvgIpc) is 2.61. The van der Waals surface area contributed by atoms with E-state index in [2.05, 4.69) is 24.3 Å². The molecule has 2 aromatic rings. The van der Waals surface area contributed by atoms with Crippen molar-refractivity contribution in [1.29, 1.82) is 0 Å². The van der Waals surface area contributed by atoms with Crippen LogP contribution in [0.2, 0.25) is 0 Å². The van der Waals surface area contributed by atoms with Gasteiger partial charge in [-0.15, -0.1) is 0 Å². The zero-order valence-electron chi connectivity index (χ0n) is 15.0. The van der Waals surface area contributed by atoms with E-state index >= 15 is 0 Å². The van der Waals surface area contributed by atoms with Gasteiger partial charge in [-0.3, -0.25) is 0 Å². The van der Waals surface area contributed by atoms with Crippen molar-refractivity contribution in [1.82, 2.24) is 4.31 Å². The molecule has 1 saturated heterocycles. The second-order valence-electron chi connectivity index (χ2n) is 6.91. The van der Waals surface area contributed by atoms with Gasteiger partial charge in [-0.2, -0.15) is 4.31 Å². The number of hydrogen-bond acceptors (Lipinski definition) is 2. The molecule has 0 atom stereocenters. The number of sulfonamides is 1. The number of hydrogen-bond donors (Lipinski definition) is 1. The molecule has 0 aliphatic carbocycles. The van der Waals surface area contributed by atoms with Gasteiger partial charge < -0.3 is 4.90 Å². The molecule has 1 fully saturated rings. The van der Waals surface area contributed by atoms with Crippen LogP contribution >= 0.6 is 0 Å². The SMILES string of the molecule is Cc1ccc(S(=O)(=O)N2CC[NH+](CCc3ccccc3)CC2)c(C)c1. The Morgan fingerprint density at radius 3 is 2.32 bits per heavy atom. The van der Waals surface area contributed by atoms with Gasteiger partial charge >= 0.3 is 0 Å². The molecule has 134 valence electrons. The highest BCUT2D eigenvalue weighted by Crippen LogP contribution is 2.20. The quantitative estimate of drug-likeness (QED) is 0.878. The Kier molecular flexibility index (Phi) is 5.57. The van der Waals surface area contributed by atoms with Crippen molar-refractivity contribution >= 4 is 10.0 Å². The van der Waals surface area contributed by atoms with Crippen molar-refractivity contribution in [2.75, 3.05) is 32.7 Å². The summed E-state index contributed by atoms with van der Waals surface area (Å²) in [5, 5.41) is 0. The van der Waals surface area contributed by atoms with Crippen molar-refractivity contribution in [3.63, 3.8) is 0 Å². The molecule has 2 aromatic carbocycles. The number of piperazine rings is 1. The molecule has 3 rings (SSSR count). The summed E-state index contributed by atoms with van der Waals surface area (Å²) in [6.07, 6.45) is 1.04. The van der Waals surface area contributed by atoms with E-state index in [-0.39, 0.29) is 0 Å². The van der Waals surface area contributed by atoms with E-state index in [1.165, 1.54) is 10.5 Å². The van der Waals surface area contributed by atoms with Gasteiger partial charge in [-0.1, -0.05) is 48.0 Å². The van der Waals surface area contributed by atoms with Gasteiger partial charge in [0.2, 0.25) is 10.0 Å². The Bertz CT molecular complexity index is 811. The molecule has 25 heavy (non-hydrogen) atoms. The van der Waals surface area contributed by atoms with Crippen LogP contribution in [0, 0.1) is 13.8 Å². The van der Waals surface area contributed by atoms with Gasteiger partial charge in [0.25, 0.3) is 0 Å². The number of nitrogens with one attached hydrogen (secondary N) is 1. The van der Waals surface area contributed by atoms with Gasteiger partial charge in [-0.25, -0.2) is 8.42 Å². The van der Waals surface area contributed by atoms with Crippen molar-refractivity contribution in [2.24, 2.45) is 0 Å². The highest BCUT2D eigenvalue weighted by atomic mass is 32.2. The molecule has 0 amide bonds. The van der Waals surface area contributed by atoms with Crippen molar-refractivity contribution in [2.45, 2.75) is 25.2 Å². The molecule has 1 aliphatic rings. The first-order valence-electron chi connectivity index (χ1n) is 8.92. The van der Waals surface area contributed by atoms with Crippen LogP contribution in [-0.2, 0) is 16.4 Å². The third-order valence-electron chi connectivity index (χ3n) is 4.99. The van der Waals surface area contributed by atoms with E-state index in [4.69, 9.17) is 0 Å². The molecule has 1 heterocycles. The lowest BCUT2D eigenvalue weighted by atomic mass is 10.1. The van der Waals surface area contributed by atoms with E-state index < -0.39 is 10.0 Å². The van der Waals surface area contributed by atoms with Crippen LogP contribution < -0.4 is 4.90 Å². The Labute approximate surface area is 151 Å². The Hall–Kier alpha value is -1.69. The van der Waals surface area contributed by atoms with Gasteiger partial charge in [0.1, 0.15) is 0 Å². The third-order valence-corrected chi connectivity index (χ3v) is 7.05. The van der Waals surface area contributed by atoms with Crippen LogP contribution in [0.5, 0.6) is 0 Å². The molecule has 0 saturated carbocycles. The van der Waals surface area contributed by atoms with Gasteiger partial charge in [-0.05, 0) is 31.0 Å². The van der Waals surface area contributed by atoms with Crippen molar-refractivity contribution in [3.8, 4) is 0 Å². The fraction of sp³-hybridized carbons (Fsp3) is 0.400. The highest BCUT2D eigenvalue weighted by Gasteiger charge is 2.31. The summed E-state index contributed by atoms with van der Waals surface area (Å²) in [6, 6.07) is 16.0. The van der Waals surface area contributed by atoms with Crippen molar-refractivity contribution in [3.05, 3.63) is 65.2 Å². The lowest BCUT2D eigenvalue weighted by Crippen LogP contribution is -3.15. The summed E-state index contributed by atoms with van der Waals surface area (Å²) >= 11 is 0. The summed E-state index contributed by atoms with van der Waals surface area (Å²) in [6.45, 7) is 7.86. The molecule has 0 bridgehead atoms. The van der Waals surface area contributed by atoms with Crippen LogP contribution in [0.25, 0.3) is 0 Å². The van der Waals surface area contributed by atoms with Gasteiger partial charge in [0, 0.05) is 6.42 Å². The van der Waals surface area contributed by atoms with Crippen LogP contribution in [0.15, 0.2) is 53.4 Å². The molecule has 0 aromatic heterocycles. The number of aryl methyl sites for hydroxylation is 2. The van der Waals surface area contributed by atoms with E-state index in [0.29, 0.717) is 18.0 Å². The zero-order chi connectivity index (χ0) is 17.9. The van der Waals surface area contributed by atoms with E-state index in [9.17, 15) is 8.42 Å². The van der Waals surface area contributed by atoms with Crippen LogP contribution in [0.3, 0.4) is 0 Å². The summed E-state index contributed by atoms with van der Waals surface area (Å²) in [5.41, 5.74) is 3.27. The fourth-order valence-corrected chi connectivity index (χ4v) is 5.13. The zero-order valence-corrected chi connectivity index (χ0v) is 15.8. The van der Waals surface area contributed by atoms with E-state index in [0.717, 1.165) is 37.2 Å². The number of quaternary nitrogens is 1. The normalized spacial score (nSPS) is 16.9. The number of rotatable bonds is 5. The lowest BCUT2D eigenvalue weighted by molar-refractivity contribution is -0.903. The van der Waals surface area contributed by atoms with E-state index in [1.54, 1.807) is 10.4 Å². The molecule has 0 unspecified atom stereocenters. The minimum Gasteiger partial charge on any atom is -0.332 e. The van der Waals surface area contributed by atoms with Crippen molar-refractivity contribution < 1.29 is 13.3 Å². The summed E-state index contributed by atoms with van der Waals surface area (Å²) < 4.78 is 27.5. The summed E-state index contributed by atoms with van der Waals surface area (Å²) in [4.78, 5) is 1.93. The minimum atomic E-state index is -3.38. The smallest absolute Gasteiger partial charge is 0.243 e. The highest BCUT2D eigenvalue weighted by molar-refractivity contribution is 7.89. The maximum Gasteiger partial charge on any atom is 0.243 e. The molecule has 0 spiro atoms. The Morgan fingerprint density at radius 2 is 1.68 bits per heavy atom. The number of nitrogens with zero attached hydrogens (tertiary/aromatic N) is 1. The Morgan fingerprint density at radius 1 is 1.00 bits per heavy atom. The summed E-state index contributed by atoms with van der Waals surface area (Å²) in [5.74, 6) is 0. The molecular formula is C20H27N2O2S+. The Balaban J connectivity index is 1.59. The minimum absolute atomic E-state index is 0.450. The molecule has 4 nitrogen and oxygen atoms in total. The van der Waals surface area contributed by atoms with Crippen LogP contribution in [-0.4, -0.2) is 45.4 Å². The predicted octanol–water partition coefficient (Wildman–Crippen LogP) is 1.44. The first-order valence-corrected chi connectivity index (χ1v) is 10.4. The molecular weight excluding hydrogens is 332 g/mol. The fourth-order valence-electron chi connectivity index (χ4n) is 3.49. The first-order chi connectivity index (χ1) is 12.0. The molecule has 1 N–H and O–H groups in total. The topological polar surface area (TPSA) is 41.8 Å². The van der Waals surface area contributed by atoms with E-state index in [1.807, 2.05) is 32.0 Å². The van der Waals surface area contributed by atoms with Gasteiger partial charge in [0.05, 0.1) is 37.6 Å². The maximum absolute atomic E-state index is 12.9. The standard InChI is InChI=1S/C20H26N2O2S/c1-17-8-9-20(18(2)16-17)25(23,24)22-14-12-21(13-15-22)11-10-19-6-4-3-5-7-19/h3-9,16H,10-15H2,1-2H3/p+1. The third kappa shape index (κ3) is 4.29. The number of benzene rings is 2. The average molecular weight is 360 g/mol. The van der Waals surface area contributed by atoms with Crippen LogP contribution in [0.4, 0.5) is 0 Å². The molecule has 0 radical (unpaired) electrons. The molecule has 1 aliphatic heterocycles. The monoisotopic (exact) mass is 359 g/mol. The predicted molar refractivity (Wildman–Crippen MR) is 100 cm³/mol. The van der Waals surface area contributed by atoms with Gasteiger partial charge in [0.15, 0.2) is 0 Å². The first kappa shape index (κ1) is 18.1. The second kappa shape index (κ2) is 7.68. The van der Waals surface area contributed by atoms with Crippen LogP contribution in [0.1, 0.15) is 16.7 Å².